The van der Waals surface area contributed by atoms with Crippen LogP contribution in [0.15, 0.2) is 48.5 Å². The SMILES string of the molecule is CCc1nc(N)nc(N)c1OCCCCOc1ccc(-c2ccc(C(=O)O)cc2)cc1.Cl. The number of halogens is 1. The highest BCUT2D eigenvalue weighted by Gasteiger charge is 2.11. The average molecular weight is 459 g/mol. The number of ether oxygens (including phenoxy) is 2. The van der Waals surface area contributed by atoms with Gasteiger partial charge in [0.25, 0.3) is 0 Å². The van der Waals surface area contributed by atoms with Crippen LogP contribution in [0.25, 0.3) is 11.1 Å². The molecule has 8 nitrogen and oxygen atoms in total. The Bertz CT molecular complexity index is 1030. The zero-order valence-electron chi connectivity index (χ0n) is 17.8. The van der Waals surface area contributed by atoms with Gasteiger partial charge in [-0.05, 0) is 54.7 Å². The van der Waals surface area contributed by atoms with Crippen molar-refractivity contribution in [3.05, 3.63) is 59.8 Å². The van der Waals surface area contributed by atoms with Gasteiger partial charge in [0.05, 0.1) is 24.5 Å². The molecule has 0 radical (unpaired) electrons. The number of aryl methyl sites for hydroxylation is 1. The number of nitrogens with two attached hydrogens (primary N) is 2. The number of nitrogens with zero attached hydrogens (tertiary/aromatic N) is 2. The van der Waals surface area contributed by atoms with Crippen molar-refractivity contribution < 1.29 is 19.4 Å². The zero-order chi connectivity index (χ0) is 22.2. The maximum Gasteiger partial charge on any atom is 0.335 e. The molecule has 0 fully saturated rings. The maximum atomic E-state index is 10.9. The van der Waals surface area contributed by atoms with Crippen molar-refractivity contribution in [2.75, 3.05) is 24.7 Å². The number of hydrogen-bond acceptors (Lipinski definition) is 7. The van der Waals surface area contributed by atoms with E-state index in [1.807, 2.05) is 31.2 Å². The van der Waals surface area contributed by atoms with Gasteiger partial charge in [-0.15, -0.1) is 12.4 Å². The highest BCUT2D eigenvalue weighted by Crippen LogP contribution is 2.25. The van der Waals surface area contributed by atoms with Crippen molar-refractivity contribution in [3.63, 3.8) is 0 Å². The molecule has 9 heteroatoms. The standard InChI is InChI=1S/C23H26N4O4.ClH/c1-2-19-20(21(24)27-23(25)26-19)31-14-4-3-13-30-18-11-9-16(10-12-18)15-5-7-17(8-6-15)22(28)29;/h5-12H,2-4,13-14H2,1H3,(H,28,29)(H4,24,25,26,27);1H. The van der Waals surface area contributed by atoms with Crippen LogP contribution in [0.1, 0.15) is 35.8 Å². The van der Waals surface area contributed by atoms with Gasteiger partial charge in [0.15, 0.2) is 11.6 Å². The molecule has 0 saturated heterocycles. The predicted molar refractivity (Wildman–Crippen MR) is 127 cm³/mol. The van der Waals surface area contributed by atoms with Crippen LogP contribution in [0.3, 0.4) is 0 Å². The first-order chi connectivity index (χ1) is 15.0. The van der Waals surface area contributed by atoms with E-state index in [9.17, 15) is 4.79 Å². The van der Waals surface area contributed by atoms with Crippen LogP contribution in [0.4, 0.5) is 11.8 Å². The van der Waals surface area contributed by atoms with E-state index in [4.69, 9.17) is 26.0 Å². The van der Waals surface area contributed by atoms with Gasteiger partial charge in [-0.2, -0.15) is 4.98 Å². The highest BCUT2D eigenvalue weighted by atomic mass is 35.5. The van der Waals surface area contributed by atoms with E-state index >= 15 is 0 Å². The highest BCUT2D eigenvalue weighted by molar-refractivity contribution is 5.88. The second kappa shape index (κ2) is 11.8. The molecule has 5 N–H and O–H groups in total. The summed E-state index contributed by atoms with van der Waals surface area (Å²) in [7, 11) is 0. The molecule has 0 aliphatic rings. The van der Waals surface area contributed by atoms with Crippen molar-refractivity contribution in [2.24, 2.45) is 0 Å². The summed E-state index contributed by atoms with van der Waals surface area (Å²) in [6, 6.07) is 14.5. The van der Waals surface area contributed by atoms with Crippen LogP contribution >= 0.6 is 12.4 Å². The Morgan fingerprint density at radius 2 is 1.47 bits per heavy atom. The van der Waals surface area contributed by atoms with Gasteiger partial charge >= 0.3 is 5.97 Å². The third-order valence-corrected chi connectivity index (χ3v) is 4.69. The van der Waals surface area contributed by atoms with Gasteiger partial charge < -0.3 is 26.0 Å². The Morgan fingerprint density at radius 3 is 2.03 bits per heavy atom. The number of carbonyl (C=O) groups is 1. The lowest BCUT2D eigenvalue weighted by Gasteiger charge is -2.12. The van der Waals surface area contributed by atoms with E-state index < -0.39 is 5.97 Å². The molecule has 32 heavy (non-hydrogen) atoms. The fourth-order valence-electron chi connectivity index (χ4n) is 3.05. The largest absolute Gasteiger partial charge is 0.494 e. The number of nitrogen functional groups attached to an aromatic ring is 2. The summed E-state index contributed by atoms with van der Waals surface area (Å²) in [6.07, 6.45) is 2.27. The molecule has 170 valence electrons. The number of hydrogen-bond donors (Lipinski definition) is 3. The Labute approximate surface area is 193 Å². The smallest absolute Gasteiger partial charge is 0.335 e. The molecule has 0 bridgehead atoms. The van der Waals surface area contributed by atoms with E-state index in [-0.39, 0.29) is 29.7 Å². The van der Waals surface area contributed by atoms with Crippen molar-refractivity contribution in [2.45, 2.75) is 26.2 Å². The van der Waals surface area contributed by atoms with Crippen molar-refractivity contribution in [1.29, 1.82) is 0 Å². The van der Waals surface area contributed by atoms with Gasteiger partial charge in [0.1, 0.15) is 5.75 Å². The lowest BCUT2D eigenvalue weighted by atomic mass is 10.0. The van der Waals surface area contributed by atoms with Crippen molar-refractivity contribution in [3.8, 4) is 22.6 Å². The molecular formula is C23H27ClN4O4. The molecule has 0 aliphatic carbocycles. The molecule has 3 rings (SSSR count). The van der Waals surface area contributed by atoms with E-state index in [0.29, 0.717) is 31.1 Å². The molecule has 3 aromatic rings. The van der Waals surface area contributed by atoms with Crippen LogP contribution in [-0.4, -0.2) is 34.3 Å². The van der Waals surface area contributed by atoms with Gasteiger partial charge in [-0.25, -0.2) is 9.78 Å². The Morgan fingerprint density at radius 1 is 0.906 bits per heavy atom. The minimum Gasteiger partial charge on any atom is -0.494 e. The Kier molecular flexibility index (Phi) is 9.09. The lowest BCUT2D eigenvalue weighted by Crippen LogP contribution is -2.10. The minimum atomic E-state index is -0.934. The summed E-state index contributed by atoms with van der Waals surface area (Å²) in [5, 5.41) is 8.98. The number of carboxylic acids is 1. The summed E-state index contributed by atoms with van der Waals surface area (Å²) in [6.45, 7) is 3.00. The van der Waals surface area contributed by atoms with E-state index in [2.05, 4.69) is 9.97 Å². The first-order valence-corrected chi connectivity index (χ1v) is 10.1. The molecule has 2 aromatic carbocycles. The fourth-order valence-corrected chi connectivity index (χ4v) is 3.05. The summed E-state index contributed by atoms with van der Waals surface area (Å²) in [5.74, 6) is 0.759. The number of rotatable bonds is 10. The number of carboxylic acid groups (broad SMARTS) is 1. The quantitative estimate of drug-likeness (QED) is 0.384. The van der Waals surface area contributed by atoms with Crippen LogP contribution in [0, 0.1) is 0 Å². The monoisotopic (exact) mass is 458 g/mol. The third-order valence-electron chi connectivity index (χ3n) is 4.69. The van der Waals surface area contributed by atoms with Crippen molar-refractivity contribution >= 4 is 30.1 Å². The molecule has 1 aromatic heterocycles. The van der Waals surface area contributed by atoms with E-state index in [1.54, 1.807) is 24.3 Å². The van der Waals surface area contributed by atoms with Gasteiger partial charge in [0, 0.05) is 0 Å². The van der Waals surface area contributed by atoms with Crippen molar-refractivity contribution in [1.82, 2.24) is 9.97 Å². The lowest BCUT2D eigenvalue weighted by molar-refractivity contribution is 0.0697. The number of aromatic nitrogens is 2. The summed E-state index contributed by atoms with van der Waals surface area (Å²) in [4.78, 5) is 19.1. The second-order valence-corrected chi connectivity index (χ2v) is 6.91. The van der Waals surface area contributed by atoms with Crippen LogP contribution in [0.2, 0.25) is 0 Å². The minimum absolute atomic E-state index is 0. The molecule has 0 atom stereocenters. The molecular weight excluding hydrogens is 432 g/mol. The number of aromatic carboxylic acids is 1. The third kappa shape index (κ3) is 6.49. The topological polar surface area (TPSA) is 134 Å². The molecule has 0 saturated carbocycles. The van der Waals surface area contributed by atoms with Crippen LogP contribution < -0.4 is 20.9 Å². The molecule has 0 amide bonds. The zero-order valence-corrected chi connectivity index (χ0v) is 18.6. The molecule has 1 heterocycles. The normalized spacial score (nSPS) is 10.3. The molecule has 0 spiro atoms. The maximum absolute atomic E-state index is 10.9. The predicted octanol–water partition coefficient (Wildman–Crippen LogP) is 4.23. The molecule has 0 aliphatic heterocycles. The Hall–Kier alpha value is -3.52. The molecule has 0 unspecified atom stereocenters. The van der Waals surface area contributed by atoms with E-state index in [1.165, 1.54) is 0 Å². The first kappa shape index (κ1) is 24.7. The fraction of sp³-hybridized carbons (Fsp3) is 0.261. The first-order valence-electron chi connectivity index (χ1n) is 10.1. The van der Waals surface area contributed by atoms with Crippen LogP contribution in [-0.2, 0) is 6.42 Å². The number of anilines is 2. The number of benzene rings is 2. The number of unbranched alkanes of at least 4 members (excludes halogenated alkanes) is 1. The summed E-state index contributed by atoms with van der Waals surface area (Å²) < 4.78 is 11.5. The van der Waals surface area contributed by atoms with Gasteiger partial charge in [0.2, 0.25) is 5.95 Å². The summed E-state index contributed by atoms with van der Waals surface area (Å²) >= 11 is 0. The van der Waals surface area contributed by atoms with Crippen LogP contribution in [0.5, 0.6) is 11.5 Å². The van der Waals surface area contributed by atoms with E-state index in [0.717, 1.165) is 29.7 Å². The van der Waals surface area contributed by atoms with Gasteiger partial charge in [-0.3, -0.25) is 0 Å². The second-order valence-electron chi connectivity index (χ2n) is 6.91. The van der Waals surface area contributed by atoms with Gasteiger partial charge in [-0.1, -0.05) is 31.2 Å². The Balaban J connectivity index is 0.00000363. The summed E-state index contributed by atoms with van der Waals surface area (Å²) in [5.41, 5.74) is 14.4. The average Bonchev–Trinajstić information content (AvgIpc) is 2.77.